The Kier molecular flexibility index (Phi) is 6.79. The Bertz CT molecular complexity index is 221. The van der Waals surface area contributed by atoms with E-state index < -0.39 is 0 Å². The molecule has 0 aliphatic heterocycles. The van der Waals surface area contributed by atoms with Gasteiger partial charge in [-0.1, -0.05) is 58.3 Å². The molecule has 2 atom stereocenters. The summed E-state index contributed by atoms with van der Waals surface area (Å²) >= 11 is 0. The van der Waals surface area contributed by atoms with E-state index in [9.17, 15) is 4.79 Å². The van der Waals surface area contributed by atoms with E-state index in [2.05, 4.69) is 6.92 Å². The number of Topliss-reactive ketones (excluding diaryl/α,β-unsaturated/α-hetero) is 1. The number of rotatable bonds is 8. The minimum absolute atomic E-state index is 0.128. The van der Waals surface area contributed by atoms with Crippen molar-refractivity contribution in [2.24, 2.45) is 17.6 Å². The van der Waals surface area contributed by atoms with Gasteiger partial charge in [-0.05, 0) is 25.2 Å². The van der Waals surface area contributed by atoms with E-state index in [0.717, 1.165) is 12.3 Å². The molecular formula is C15H29NO. The van der Waals surface area contributed by atoms with Gasteiger partial charge < -0.3 is 5.73 Å². The Morgan fingerprint density at radius 3 is 2.47 bits per heavy atom. The lowest BCUT2D eigenvalue weighted by Gasteiger charge is -2.17. The molecule has 0 amide bonds. The average molecular weight is 239 g/mol. The highest BCUT2D eigenvalue weighted by atomic mass is 16.1. The lowest BCUT2D eigenvalue weighted by atomic mass is 9.92. The number of ketones is 1. The van der Waals surface area contributed by atoms with Crippen molar-refractivity contribution in [2.45, 2.75) is 77.7 Å². The van der Waals surface area contributed by atoms with Crippen molar-refractivity contribution in [1.82, 2.24) is 0 Å². The van der Waals surface area contributed by atoms with Gasteiger partial charge in [-0.2, -0.15) is 0 Å². The largest absolute Gasteiger partial charge is 0.321 e. The molecule has 0 unspecified atom stereocenters. The lowest BCUT2D eigenvalue weighted by molar-refractivity contribution is -0.119. The molecule has 1 rings (SSSR count). The zero-order chi connectivity index (χ0) is 12.7. The van der Waals surface area contributed by atoms with Crippen molar-refractivity contribution in [3.63, 3.8) is 0 Å². The van der Waals surface area contributed by atoms with Crippen molar-refractivity contribution in [3.8, 4) is 0 Å². The van der Waals surface area contributed by atoms with E-state index in [1.165, 1.54) is 51.4 Å². The fourth-order valence-corrected chi connectivity index (χ4v) is 2.96. The molecule has 2 N–H and O–H groups in total. The van der Waals surface area contributed by atoms with Gasteiger partial charge in [0.05, 0.1) is 6.04 Å². The molecular weight excluding hydrogens is 210 g/mol. The number of carbonyl (C=O) groups is 1. The standard InChI is InChI=1S/C15H29NO/c1-12(15(16)13(2)17)8-4-3-5-9-14-10-6-7-11-14/h12,14-15H,3-11,16H2,1-2H3/t12-,15-/m1/s1. The monoisotopic (exact) mass is 239 g/mol. The molecule has 1 aliphatic rings. The fraction of sp³-hybridized carbons (Fsp3) is 0.933. The molecule has 0 radical (unpaired) electrons. The molecule has 100 valence electrons. The van der Waals surface area contributed by atoms with Crippen LogP contribution in [-0.2, 0) is 4.79 Å². The van der Waals surface area contributed by atoms with E-state index in [4.69, 9.17) is 5.73 Å². The third kappa shape index (κ3) is 5.67. The Balaban J connectivity index is 1.97. The maximum absolute atomic E-state index is 11.1. The Labute approximate surface area is 106 Å². The Hall–Kier alpha value is -0.370. The van der Waals surface area contributed by atoms with Gasteiger partial charge in [-0.25, -0.2) is 0 Å². The molecule has 2 heteroatoms. The summed E-state index contributed by atoms with van der Waals surface area (Å²) in [6.45, 7) is 3.70. The zero-order valence-electron chi connectivity index (χ0n) is 11.6. The van der Waals surface area contributed by atoms with Crippen LogP contribution in [-0.4, -0.2) is 11.8 Å². The normalized spacial score (nSPS) is 20.4. The van der Waals surface area contributed by atoms with Gasteiger partial charge in [0.15, 0.2) is 0 Å². The Morgan fingerprint density at radius 2 is 1.88 bits per heavy atom. The number of hydrogen-bond donors (Lipinski definition) is 1. The minimum Gasteiger partial charge on any atom is -0.321 e. The van der Waals surface area contributed by atoms with Crippen LogP contribution in [0.15, 0.2) is 0 Å². The summed E-state index contributed by atoms with van der Waals surface area (Å²) in [5.74, 6) is 1.49. The lowest BCUT2D eigenvalue weighted by Crippen LogP contribution is -2.35. The van der Waals surface area contributed by atoms with Gasteiger partial charge in [0.1, 0.15) is 5.78 Å². The highest BCUT2D eigenvalue weighted by Crippen LogP contribution is 2.29. The van der Waals surface area contributed by atoms with Crippen molar-refractivity contribution in [2.75, 3.05) is 0 Å². The maximum atomic E-state index is 11.1. The quantitative estimate of drug-likeness (QED) is 0.657. The topological polar surface area (TPSA) is 43.1 Å². The molecule has 1 saturated carbocycles. The van der Waals surface area contributed by atoms with Crippen molar-refractivity contribution < 1.29 is 4.79 Å². The number of carbonyl (C=O) groups excluding carboxylic acids is 1. The van der Waals surface area contributed by atoms with Gasteiger partial charge >= 0.3 is 0 Å². The summed E-state index contributed by atoms with van der Waals surface area (Å²) in [7, 11) is 0. The number of unbranched alkanes of at least 4 members (excludes halogenated alkanes) is 2. The second-order valence-corrected chi connectivity index (χ2v) is 5.90. The summed E-state index contributed by atoms with van der Waals surface area (Å²) in [5, 5.41) is 0. The summed E-state index contributed by atoms with van der Waals surface area (Å²) in [6, 6.07) is -0.246. The molecule has 0 heterocycles. The molecule has 0 bridgehead atoms. The average Bonchev–Trinajstić information content (AvgIpc) is 2.80. The molecule has 1 aliphatic carbocycles. The molecule has 0 aromatic carbocycles. The molecule has 1 fully saturated rings. The maximum Gasteiger partial charge on any atom is 0.146 e. The summed E-state index contributed by atoms with van der Waals surface area (Å²) in [6.07, 6.45) is 12.3. The SMILES string of the molecule is CC(=O)[C@H](N)[C@H](C)CCCCCC1CCCC1. The van der Waals surface area contributed by atoms with E-state index in [1.54, 1.807) is 6.92 Å². The van der Waals surface area contributed by atoms with Gasteiger partial charge in [0, 0.05) is 0 Å². The molecule has 17 heavy (non-hydrogen) atoms. The van der Waals surface area contributed by atoms with E-state index in [1.807, 2.05) is 0 Å². The molecule has 2 nitrogen and oxygen atoms in total. The van der Waals surface area contributed by atoms with E-state index >= 15 is 0 Å². The van der Waals surface area contributed by atoms with Crippen LogP contribution in [0.1, 0.15) is 71.6 Å². The van der Waals surface area contributed by atoms with Gasteiger partial charge in [0.25, 0.3) is 0 Å². The van der Waals surface area contributed by atoms with Crippen molar-refractivity contribution in [1.29, 1.82) is 0 Å². The van der Waals surface area contributed by atoms with Crippen LogP contribution in [0, 0.1) is 11.8 Å². The summed E-state index contributed by atoms with van der Waals surface area (Å²) < 4.78 is 0. The van der Waals surface area contributed by atoms with Gasteiger partial charge in [-0.15, -0.1) is 0 Å². The van der Waals surface area contributed by atoms with Crippen LogP contribution in [0.25, 0.3) is 0 Å². The fourth-order valence-electron chi connectivity index (χ4n) is 2.96. The van der Waals surface area contributed by atoms with Crippen molar-refractivity contribution >= 4 is 5.78 Å². The third-order valence-corrected chi connectivity index (χ3v) is 4.33. The summed E-state index contributed by atoms with van der Waals surface area (Å²) in [4.78, 5) is 11.1. The molecule has 0 aromatic heterocycles. The van der Waals surface area contributed by atoms with Crippen LogP contribution in [0.5, 0.6) is 0 Å². The first-order valence-corrected chi connectivity index (χ1v) is 7.37. The summed E-state index contributed by atoms with van der Waals surface area (Å²) in [5.41, 5.74) is 5.82. The van der Waals surface area contributed by atoms with E-state index in [0.29, 0.717) is 5.92 Å². The number of hydrogen-bond acceptors (Lipinski definition) is 2. The molecule has 0 aromatic rings. The first-order valence-electron chi connectivity index (χ1n) is 7.37. The zero-order valence-corrected chi connectivity index (χ0v) is 11.6. The molecule has 0 spiro atoms. The van der Waals surface area contributed by atoms with Crippen LogP contribution < -0.4 is 5.73 Å². The van der Waals surface area contributed by atoms with Crippen LogP contribution in [0.3, 0.4) is 0 Å². The van der Waals surface area contributed by atoms with Crippen LogP contribution in [0.2, 0.25) is 0 Å². The van der Waals surface area contributed by atoms with Crippen LogP contribution >= 0.6 is 0 Å². The predicted octanol–water partition coefficient (Wildman–Crippen LogP) is 3.68. The first kappa shape index (κ1) is 14.7. The highest BCUT2D eigenvalue weighted by Gasteiger charge is 2.17. The predicted molar refractivity (Wildman–Crippen MR) is 72.9 cm³/mol. The first-order chi connectivity index (χ1) is 8.11. The van der Waals surface area contributed by atoms with Crippen molar-refractivity contribution in [3.05, 3.63) is 0 Å². The minimum atomic E-state index is -0.246. The third-order valence-electron chi connectivity index (χ3n) is 4.33. The second kappa shape index (κ2) is 7.86. The smallest absolute Gasteiger partial charge is 0.146 e. The van der Waals surface area contributed by atoms with Gasteiger partial charge in [0.2, 0.25) is 0 Å². The van der Waals surface area contributed by atoms with Gasteiger partial charge in [-0.3, -0.25) is 4.79 Å². The second-order valence-electron chi connectivity index (χ2n) is 5.90. The number of nitrogens with two attached hydrogens (primary N) is 1. The molecule has 0 saturated heterocycles. The van der Waals surface area contributed by atoms with Crippen LogP contribution in [0.4, 0.5) is 0 Å². The highest BCUT2D eigenvalue weighted by molar-refractivity contribution is 5.81. The van der Waals surface area contributed by atoms with E-state index in [-0.39, 0.29) is 11.8 Å². The Morgan fingerprint density at radius 1 is 1.24 bits per heavy atom.